The van der Waals surface area contributed by atoms with E-state index >= 15 is 0 Å². The molecule has 0 spiro atoms. The molecule has 3 N–H and O–H groups in total. The van der Waals surface area contributed by atoms with Crippen molar-refractivity contribution in [3.63, 3.8) is 0 Å². The van der Waals surface area contributed by atoms with Crippen molar-refractivity contribution < 1.29 is 13.2 Å². The molecule has 0 saturated carbocycles. The smallest absolute Gasteiger partial charge is 0.240 e. The predicted octanol–water partition coefficient (Wildman–Crippen LogP) is 2.08. The van der Waals surface area contributed by atoms with Gasteiger partial charge in [0.1, 0.15) is 0 Å². The molecule has 0 fully saturated rings. The molecule has 7 nitrogen and oxygen atoms in total. The molecule has 158 valence electrons. The molecular weight excluding hydrogens is 388 g/mol. The second-order valence-electron chi connectivity index (χ2n) is 6.66. The first-order valence-electron chi connectivity index (χ1n) is 9.53. The van der Waals surface area contributed by atoms with Crippen molar-refractivity contribution in [1.29, 1.82) is 0 Å². The maximum Gasteiger partial charge on any atom is 0.240 e. The van der Waals surface area contributed by atoms with Crippen molar-refractivity contribution in [3.8, 4) is 0 Å². The molecule has 0 amide bonds. The Bertz CT molecular complexity index is 886. The summed E-state index contributed by atoms with van der Waals surface area (Å²) in [7, 11) is -0.314. The van der Waals surface area contributed by atoms with Gasteiger partial charge in [-0.1, -0.05) is 49.4 Å². The van der Waals surface area contributed by atoms with E-state index in [2.05, 4.69) is 39.4 Å². The predicted molar refractivity (Wildman–Crippen MR) is 117 cm³/mol. The van der Waals surface area contributed by atoms with Crippen LogP contribution in [0.15, 0.2) is 64.5 Å². The van der Waals surface area contributed by atoms with Crippen LogP contribution in [0.25, 0.3) is 0 Å². The van der Waals surface area contributed by atoms with Crippen LogP contribution in [0.3, 0.4) is 0 Å². The minimum atomic E-state index is -3.55. The molecule has 8 heteroatoms. The van der Waals surface area contributed by atoms with Crippen LogP contribution in [0.5, 0.6) is 0 Å². The number of aliphatic imine (C=N–C) groups is 1. The van der Waals surface area contributed by atoms with Crippen molar-refractivity contribution in [2.75, 3.05) is 33.9 Å². The maximum atomic E-state index is 12.3. The Morgan fingerprint density at radius 3 is 2.55 bits per heavy atom. The lowest BCUT2D eigenvalue weighted by Gasteiger charge is -2.16. The zero-order valence-corrected chi connectivity index (χ0v) is 18.0. The van der Waals surface area contributed by atoms with Gasteiger partial charge in [0.2, 0.25) is 10.0 Å². The van der Waals surface area contributed by atoms with Crippen LogP contribution in [0.4, 0.5) is 0 Å². The number of ether oxygens (including phenoxy) is 1. The van der Waals surface area contributed by atoms with E-state index in [1.165, 1.54) is 12.7 Å². The van der Waals surface area contributed by atoms with E-state index in [4.69, 9.17) is 4.74 Å². The number of hydrogen-bond acceptors (Lipinski definition) is 4. The first-order valence-corrected chi connectivity index (χ1v) is 11.0. The van der Waals surface area contributed by atoms with Gasteiger partial charge in [0.15, 0.2) is 5.96 Å². The van der Waals surface area contributed by atoms with Gasteiger partial charge in [-0.3, -0.25) is 4.99 Å². The summed E-state index contributed by atoms with van der Waals surface area (Å²) in [4.78, 5) is 4.47. The Hall–Kier alpha value is -2.42. The van der Waals surface area contributed by atoms with Gasteiger partial charge in [-0.05, 0) is 29.2 Å². The normalized spacial score (nSPS) is 13.1. The van der Waals surface area contributed by atoms with Gasteiger partial charge in [-0.2, -0.15) is 0 Å². The molecule has 2 rings (SSSR count). The van der Waals surface area contributed by atoms with E-state index in [0.29, 0.717) is 25.0 Å². The molecule has 2 aromatic carbocycles. The lowest BCUT2D eigenvalue weighted by atomic mass is 10.0. The van der Waals surface area contributed by atoms with Crippen molar-refractivity contribution >= 4 is 16.0 Å². The maximum absolute atomic E-state index is 12.3. The molecule has 0 aliphatic carbocycles. The lowest BCUT2D eigenvalue weighted by molar-refractivity contribution is 0.204. The molecule has 0 heterocycles. The highest BCUT2D eigenvalue weighted by atomic mass is 32.2. The van der Waals surface area contributed by atoms with Crippen LogP contribution in [0, 0.1) is 0 Å². The summed E-state index contributed by atoms with van der Waals surface area (Å²) in [5, 5.41) is 6.54. The van der Waals surface area contributed by atoms with E-state index in [-0.39, 0.29) is 11.4 Å². The first kappa shape index (κ1) is 22.9. The summed E-state index contributed by atoms with van der Waals surface area (Å²) in [6.07, 6.45) is 0. The van der Waals surface area contributed by atoms with Crippen molar-refractivity contribution in [1.82, 2.24) is 15.4 Å². The molecular formula is C21H30N4O3S. The average Bonchev–Trinajstić information content (AvgIpc) is 2.74. The molecule has 0 aliphatic rings. The van der Waals surface area contributed by atoms with Crippen molar-refractivity contribution in [2.24, 2.45) is 4.99 Å². The molecule has 29 heavy (non-hydrogen) atoms. The lowest BCUT2D eigenvalue weighted by Crippen LogP contribution is -2.38. The summed E-state index contributed by atoms with van der Waals surface area (Å²) in [6, 6.07) is 17.1. The summed E-state index contributed by atoms with van der Waals surface area (Å²) in [5.74, 6) is 1.00. The molecule has 0 bridgehead atoms. The molecule has 0 aromatic heterocycles. The summed E-state index contributed by atoms with van der Waals surface area (Å²) in [5.41, 5.74) is 2.10. The van der Waals surface area contributed by atoms with Crippen LogP contribution < -0.4 is 15.4 Å². The minimum absolute atomic E-state index is 0.230. The number of methoxy groups -OCH3 is 1. The average molecular weight is 419 g/mol. The van der Waals surface area contributed by atoms with Crippen molar-refractivity contribution in [2.45, 2.75) is 24.3 Å². The summed E-state index contributed by atoms with van der Waals surface area (Å²) < 4.78 is 32.1. The number of nitrogens with one attached hydrogen (secondary N) is 3. The highest BCUT2D eigenvalue weighted by Gasteiger charge is 2.14. The summed E-state index contributed by atoms with van der Waals surface area (Å²) >= 11 is 0. The Morgan fingerprint density at radius 2 is 1.86 bits per heavy atom. The van der Waals surface area contributed by atoms with Crippen LogP contribution in [0.2, 0.25) is 0 Å². The Labute approximate surface area is 173 Å². The van der Waals surface area contributed by atoms with Gasteiger partial charge in [0.05, 0.1) is 11.5 Å². The van der Waals surface area contributed by atoms with Gasteiger partial charge in [0.25, 0.3) is 0 Å². The third kappa shape index (κ3) is 7.49. The number of nitrogens with zero attached hydrogens (tertiary/aromatic N) is 1. The number of guanidine groups is 1. The van der Waals surface area contributed by atoms with Gasteiger partial charge in [-0.25, -0.2) is 13.1 Å². The van der Waals surface area contributed by atoms with Crippen molar-refractivity contribution in [3.05, 3.63) is 65.7 Å². The fourth-order valence-corrected chi connectivity index (χ4v) is 3.82. The molecule has 0 aliphatic heterocycles. The largest absolute Gasteiger partial charge is 0.383 e. The van der Waals surface area contributed by atoms with Gasteiger partial charge >= 0.3 is 0 Å². The molecule has 1 unspecified atom stereocenters. The van der Waals surface area contributed by atoms with Gasteiger partial charge < -0.3 is 15.4 Å². The van der Waals surface area contributed by atoms with Gasteiger partial charge in [0, 0.05) is 33.8 Å². The van der Waals surface area contributed by atoms with Gasteiger partial charge in [-0.15, -0.1) is 0 Å². The van der Waals surface area contributed by atoms with E-state index in [9.17, 15) is 8.42 Å². The fraction of sp³-hybridized carbons (Fsp3) is 0.381. The highest BCUT2D eigenvalue weighted by Crippen LogP contribution is 2.13. The number of hydrogen-bond donors (Lipinski definition) is 3. The van der Waals surface area contributed by atoms with Crippen LogP contribution >= 0.6 is 0 Å². The van der Waals surface area contributed by atoms with E-state index in [1.54, 1.807) is 25.2 Å². The Morgan fingerprint density at radius 1 is 1.10 bits per heavy atom. The number of rotatable bonds is 10. The number of sulfonamides is 1. The quantitative estimate of drug-likeness (QED) is 0.312. The van der Waals surface area contributed by atoms with Crippen LogP contribution in [0.1, 0.15) is 24.0 Å². The SMILES string of the molecule is CN=C(NCc1cccc(S(=O)(=O)NCCOC)c1)NCC(C)c1ccccc1. The minimum Gasteiger partial charge on any atom is -0.383 e. The fourth-order valence-electron chi connectivity index (χ4n) is 2.74. The van der Waals surface area contributed by atoms with Crippen LogP contribution in [-0.4, -0.2) is 48.2 Å². The molecule has 1 atom stereocenters. The van der Waals surface area contributed by atoms with Crippen LogP contribution in [-0.2, 0) is 21.3 Å². The van der Waals surface area contributed by atoms with E-state index < -0.39 is 10.0 Å². The second-order valence-corrected chi connectivity index (χ2v) is 8.42. The highest BCUT2D eigenvalue weighted by molar-refractivity contribution is 7.89. The zero-order chi connectivity index (χ0) is 21.1. The van der Waals surface area contributed by atoms with E-state index in [0.717, 1.165) is 12.1 Å². The molecule has 0 saturated heterocycles. The monoisotopic (exact) mass is 418 g/mol. The zero-order valence-electron chi connectivity index (χ0n) is 17.2. The third-order valence-corrected chi connectivity index (χ3v) is 5.89. The Balaban J connectivity index is 1.91. The first-order chi connectivity index (χ1) is 14.0. The standard InChI is InChI=1S/C21H30N4O3S/c1-17(19-9-5-4-6-10-19)15-23-21(22-2)24-16-18-8-7-11-20(14-18)29(26,27)25-12-13-28-3/h4-11,14,17,25H,12-13,15-16H2,1-3H3,(H2,22,23,24). The molecule has 2 aromatic rings. The second kappa shape index (κ2) is 11.5. The van der Waals surface area contributed by atoms with E-state index in [1.807, 2.05) is 24.3 Å². The summed E-state index contributed by atoms with van der Waals surface area (Å²) in [6.45, 7) is 3.91. The Kier molecular flexibility index (Phi) is 9.11. The topological polar surface area (TPSA) is 91.8 Å². The number of benzene rings is 2. The molecule has 0 radical (unpaired) electrons. The third-order valence-electron chi connectivity index (χ3n) is 4.43.